The molecule has 0 aliphatic rings. The molecule has 28 heavy (non-hydrogen) atoms. The molecule has 1 N–H and O–H groups in total. The summed E-state index contributed by atoms with van der Waals surface area (Å²) in [6, 6.07) is 12.5. The van der Waals surface area contributed by atoms with E-state index in [1.165, 1.54) is 11.1 Å². The molecule has 0 bridgehead atoms. The average molecular weight is 449 g/mol. The molecule has 154 valence electrons. The molecule has 0 aromatic heterocycles. The number of likely N-dealkylation sites (N-methyl/N-ethyl adjacent to an activating group) is 1. The maximum Gasteiger partial charge on any atom is 0.175 e. The van der Waals surface area contributed by atoms with Gasteiger partial charge in [0.25, 0.3) is 0 Å². The summed E-state index contributed by atoms with van der Waals surface area (Å²) in [6.45, 7) is 14.6. The number of aryl methyl sites for hydroxylation is 1. The highest BCUT2D eigenvalue weighted by Gasteiger charge is 2.13. The molecule has 0 heterocycles. The third-order valence-electron chi connectivity index (χ3n) is 4.66. The lowest BCUT2D eigenvalue weighted by Gasteiger charge is -2.19. The van der Waals surface area contributed by atoms with Crippen LogP contribution in [-0.4, -0.2) is 37.7 Å². The number of rotatable bonds is 12. The zero-order valence-electron chi connectivity index (χ0n) is 17.6. The summed E-state index contributed by atoms with van der Waals surface area (Å²) in [7, 11) is 0. The summed E-state index contributed by atoms with van der Waals surface area (Å²) in [5.74, 6) is 1.54. The Morgan fingerprint density at radius 3 is 2.46 bits per heavy atom. The molecule has 2 aromatic carbocycles. The molecule has 0 unspecified atom stereocenters. The van der Waals surface area contributed by atoms with Crippen molar-refractivity contribution in [2.75, 3.05) is 32.8 Å². The fourth-order valence-corrected chi connectivity index (χ4v) is 3.70. The number of ether oxygens (including phenoxy) is 2. The van der Waals surface area contributed by atoms with Gasteiger partial charge in [0.1, 0.15) is 6.61 Å². The summed E-state index contributed by atoms with van der Waals surface area (Å²) < 4.78 is 12.9. The molecule has 0 spiro atoms. The van der Waals surface area contributed by atoms with Gasteiger partial charge in [-0.1, -0.05) is 43.7 Å². The molecule has 5 heteroatoms. The van der Waals surface area contributed by atoms with Crippen molar-refractivity contribution in [1.82, 2.24) is 10.2 Å². The number of nitrogens with zero attached hydrogens (tertiary/aromatic N) is 1. The molecule has 0 radical (unpaired) electrons. The maximum absolute atomic E-state index is 6.10. The molecule has 0 saturated heterocycles. The minimum absolute atomic E-state index is 0.516. The van der Waals surface area contributed by atoms with E-state index in [1.807, 2.05) is 6.92 Å². The van der Waals surface area contributed by atoms with E-state index in [1.54, 1.807) is 0 Å². The van der Waals surface area contributed by atoms with Gasteiger partial charge in [0.2, 0.25) is 0 Å². The third kappa shape index (κ3) is 7.12. The fraction of sp³-hybridized carbons (Fsp3) is 0.478. The van der Waals surface area contributed by atoms with E-state index in [0.717, 1.165) is 54.3 Å². The molecule has 4 nitrogen and oxygen atoms in total. The lowest BCUT2D eigenvalue weighted by atomic mass is 10.1. The first kappa shape index (κ1) is 22.7. The molecular weight excluding hydrogens is 416 g/mol. The summed E-state index contributed by atoms with van der Waals surface area (Å²) in [4.78, 5) is 2.41. The molecule has 0 amide bonds. The van der Waals surface area contributed by atoms with Gasteiger partial charge in [0.05, 0.1) is 11.1 Å². The molecule has 2 rings (SSSR count). The van der Waals surface area contributed by atoms with Crippen LogP contribution in [0, 0.1) is 6.92 Å². The highest BCUT2D eigenvalue weighted by molar-refractivity contribution is 9.10. The lowest BCUT2D eigenvalue weighted by Crippen LogP contribution is -2.31. The van der Waals surface area contributed by atoms with Gasteiger partial charge in [-0.2, -0.15) is 0 Å². The molecule has 0 aliphatic carbocycles. The van der Waals surface area contributed by atoms with Crippen LogP contribution < -0.4 is 14.8 Å². The normalized spacial score (nSPS) is 11.1. The minimum atomic E-state index is 0.516. The minimum Gasteiger partial charge on any atom is -0.490 e. The Bertz CT molecular complexity index is 733. The summed E-state index contributed by atoms with van der Waals surface area (Å²) in [5.41, 5.74) is 3.56. The predicted molar refractivity (Wildman–Crippen MR) is 120 cm³/mol. The third-order valence-corrected chi connectivity index (χ3v) is 5.25. The Hall–Kier alpha value is -1.56. The molecule has 0 aliphatic heterocycles. The number of halogens is 1. The molecule has 2 aromatic rings. The number of nitrogens with one attached hydrogen (secondary N) is 1. The van der Waals surface area contributed by atoms with Crippen LogP contribution >= 0.6 is 15.9 Å². The van der Waals surface area contributed by atoms with Crippen molar-refractivity contribution in [2.24, 2.45) is 0 Å². The zero-order chi connectivity index (χ0) is 20.4. The second-order valence-corrected chi connectivity index (χ2v) is 7.67. The van der Waals surface area contributed by atoms with Crippen LogP contribution in [0.25, 0.3) is 0 Å². The van der Waals surface area contributed by atoms with Crippen LogP contribution in [0.15, 0.2) is 40.9 Å². The van der Waals surface area contributed by atoms with Crippen molar-refractivity contribution in [1.29, 1.82) is 0 Å². The van der Waals surface area contributed by atoms with Gasteiger partial charge in [0.15, 0.2) is 11.5 Å². The Kier molecular flexibility index (Phi) is 9.82. The van der Waals surface area contributed by atoms with E-state index in [2.05, 4.69) is 83.3 Å². The van der Waals surface area contributed by atoms with E-state index >= 15 is 0 Å². The SMILES string of the molecule is CCOc1cc(CNCCN(CC)CC)cc(Br)c1OCc1cccc(C)c1. The van der Waals surface area contributed by atoms with Crippen LogP contribution in [0.4, 0.5) is 0 Å². The second-order valence-electron chi connectivity index (χ2n) is 6.82. The monoisotopic (exact) mass is 448 g/mol. The van der Waals surface area contributed by atoms with Crippen molar-refractivity contribution in [3.8, 4) is 11.5 Å². The van der Waals surface area contributed by atoms with Crippen LogP contribution in [0.5, 0.6) is 11.5 Å². The first-order chi connectivity index (χ1) is 13.6. The Labute approximate surface area is 178 Å². The van der Waals surface area contributed by atoms with Crippen molar-refractivity contribution in [3.05, 3.63) is 57.6 Å². The van der Waals surface area contributed by atoms with Gasteiger partial charge in [-0.15, -0.1) is 0 Å². The first-order valence-electron chi connectivity index (χ1n) is 10.1. The van der Waals surface area contributed by atoms with Gasteiger partial charge in [-0.05, 0) is 66.1 Å². The first-order valence-corrected chi connectivity index (χ1v) is 10.9. The van der Waals surface area contributed by atoms with Crippen LogP contribution in [-0.2, 0) is 13.2 Å². The fourth-order valence-electron chi connectivity index (χ4n) is 3.09. The van der Waals surface area contributed by atoms with Gasteiger partial charge in [-0.3, -0.25) is 0 Å². The van der Waals surface area contributed by atoms with Crippen LogP contribution in [0.1, 0.15) is 37.5 Å². The molecular formula is C23H33BrN2O2. The van der Waals surface area contributed by atoms with Crippen molar-refractivity contribution in [3.63, 3.8) is 0 Å². The topological polar surface area (TPSA) is 33.7 Å². The molecule has 0 fully saturated rings. The van der Waals surface area contributed by atoms with E-state index in [-0.39, 0.29) is 0 Å². The number of hydrogen-bond donors (Lipinski definition) is 1. The Morgan fingerprint density at radius 1 is 1.00 bits per heavy atom. The van der Waals surface area contributed by atoms with Gasteiger partial charge in [0, 0.05) is 19.6 Å². The van der Waals surface area contributed by atoms with Crippen LogP contribution in [0.2, 0.25) is 0 Å². The standard InChI is InChI=1S/C23H33BrN2O2/c1-5-26(6-2)12-11-25-16-20-14-21(24)23(22(15-20)27-7-3)28-17-19-10-8-9-18(4)13-19/h8-10,13-15,25H,5-7,11-12,16-17H2,1-4H3. The highest BCUT2D eigenvalue weighted by atomic mass is 79.9. The van der Waals surface area contributed by atoms with Crippen LogP contribution in [0.3, 0.4) is 0 Å². The van der Waals surface area contributed by atoms with Crippen molar-refractivity contribution < 1.29 is 9.47 Å². The Balaban J connectivity index is 2.01. The summed E-state index contributed by atoms with van der Waals surface area (Å²) in [6.07, 6.45) is 0. The van der Waals surface area contributed by atoms with Crippen molar-refractivity contribution >= 4 is 15.9 Å². The van der Waals surface area contributed by atoms with Gasteiger partial charge in [-0.25, -0.2) is 0 Å². The zero-order valence-corrected chi connectivity index (χ0v) is 19.1. The Morgan fingerprint density at radius 2 is 1.79 bits per heavy atom. The summed E-state index contributed by atoms with van der Waals surface area (Å²) in [5, 5.41) is 3.52. The lowest BCUT2D eigenvalue weighted by molar-refractivity contribution is 0.267. The van der Waals surface area contributed by atoms with E-state index in [4.69, 9.17) is 9.47 Å². The van der Waals surface area contributed by atoms with E-state index in [0.29, 0.717) is 13.2 Å². The van der Waals surface area contributed by atoms with Gasteiger partial charge >= 0.3 is 0 Å². The van der Waals surface area contributed by atoms with Gasteiger partial charge < -0.3 is 19.7 Å². The van der Waals surface area contributed by atoms with E-state index < -0.39 is 0 Å². The van der Waals surface area contributed by atoms with Crippen molar-refractivity contribution in [2.45, 2.75) is 40.8 Å². The molecule has 0 atom stereocenters. The largest absolute Gasteiger partial charge is 0.490 e. The van der Waals surface area contributed by atoms with E-state index in [9.17, 15) is 0 Å². The predicted octanol–water partition coefficient (Wildman–Crippen LogP) is 5.17. The average Bonchev–Trinajstić information content (AvgIpc) is 2.68. The molecule has 0 saturated carbocycles. The summed E-state index contributed by atoms with van der Waals surface area (Å²) >= 11 is 3.67. The second kappa shape index (κ2) is 12.1. The highest BCUT2D eigenvalue weighted by Crippen LogP contribution is 2.37. The number of benzene rings is 2. The maximum atomic E-state index is 6.10. The smallest absolute Gasteiger partial charge is 0.175 e. The quantitative estimate of drug-likeness (QED) is 0.454. The number of hydrogen-bond acceptors (Lipinski definition) is 4.